The molecule has 3 N–H and O–H groups in total. The minimum absolute atomic E-state index is 0.785. The first-order valence-corrected chi connectivity index (χ1v) is 8.20. The summed E-state index contributed by atoms with van der Waals surface area (Å²) in [7, 11) is 0. The van der Waals surface area contributed by atoms with Crippen LogP contribution in [0.25, 0.3) is 11.0 Å². The Bertz CT molecular complexity index is 519. The van der Waals surface area contributed by atoms with Crippen LogP contribution >= 0.6 is 11.8 Å². The Morgan fingerprint density at radius 2 is 1.95 bits per heavy atom. The molecule has 0 atom stereocenters. The third-order valence-electron chi connectivity index (χ3n) is 3.76. The summed E-state index contributed by atoms with van der Waals surface area (Å²) in [5, 5.41) is 1.05. The Labute approximate surface area is 118 Å². The molecule has 0 amide bonds. The summed E-state index contributed by atoms with van der Waals surface area (Å²) >= 11 is 1.81. The number of benzene rings is 1. The van der Waals surface area contributed by atoms with E-state index >= 15 is 0 Å². The van der Waals surface area contributed by atoms with Gasteiger partial charge in [-0.25, -0.2) is 4.98 Å². The van der Waals surface area contributed by atoms with Gasteiger partial charge in [-0.05, 0) is 68.3 Å². The Morgan fingerprint density at radius 3 is 2.74 bits per heavy atom. The molecule has 0 saturated heterocycles. The van der Waals surface area contributed by atoms with Crippen LogP contribution in [0.3, 0.4) is 0 Å². The lowest BCUT2D eigenvalue weighted by Crippen LogP contribution is -2.01. The van der Waals surface area contributed by atoms with E-state index in [9.17, 15) is 0 Å². The number of aromatic nitrogens is 2. The van der Waals surface area contributed by atoms with Crippen molar-refractivity contribution in [2.24, 2.45) is 5.73 Å². The molecule has 19 heavy (non-hydrogen) atoms. The zero-order valence-electron chi connectivity index (χ0n) is 11.2. The topological polar surface area (TPSA) is 54.7 Å². The van der Waals surface area contributed by atoms with E-state index in [-0.39, 0.29) is 0 Å². The summed E-state index contributed by atoms with van der Waals surface area (Å²) in [4.78, 5) is 8.14. The summed E-state index contributed by atoms with van der Waals surface area (Å²) in [6.45, 7) is 0.785. The highest BCUT2D eigenvalue weighted by molar-refractivity contribution is 7.99. The standard InChI is InChI=1S/C15H21N3S/c16-7-3-4-8-19-15-17-13-9-11-5-1-2-6-12(11)10-14(13)18-15/h9-10H,1-8,16H2,(H,17,18). The molecule has 3 nitrogen and oxygen atoms in total. The van der Waals surface area contributed by atoms with Gasteiger partial charge in [0.05, 0.1) is 11.0 Å². The van der Waals surface area contributed by atoms with Gasteiger partial charge in [0.25, 0.3) is 0 Å². The SMILES string of the molecule is NCCCCSc1nc2cc3c(cc2[nH]1)CCCC3. The number of nitrogens with zero attached hydrogens (tertiary/aromatic N) is 1. The van der Waals surface area contributed by atoms with Crippen LogP contribution in [-0.4, -0.2) is 22.3 Å². The lowest BCUT2D eigenvalue weighted by molar-refractivity contribution is 0.687. The van der Waals surface area contributed by atoms with E-state index in [1.807, 2.05) is 0 Å². The number of unbranched alkanes of at least 4 members (excludes halogenated alkanes) is 1. The quantitative estimate of drug-likeness (QED) is 0.650. The molecular formula is C15H21N3S. The number of H-pyrrole nitrogens is 1. The second-order valence-corrected chi connectivity index (χ2v) is 6.31. The van der Waals surface area contributed by atoms with Gasteiger partial charge in [-0.15, -0.1) is 0 Å². The molecule has 0 saturated carbocycles. The zero-order valence-corrected chi connectivity index (χ0v) is 12.1. The first-order valence-electron chi connectivity index (χ1n) is 7.21. The van der Waals surface area contributed by atoms with Crippen LogP contribution in [0.4, 0.5) is 0 Å². The van der Waals surface area contributed by atoms with Crippen molar-refractivity contribution >= 4 is 22.8 Å². The van der Waals surface area contributed by atoms with Crippen LogP contribution in [0.2, 0.25) is 0 Å². The Kier molecular flexibility index (Phi) is 4.09. The summed E-state index contributed by atoms with van der Waals surface area (Å²) < 4.78 is 0. The number of imidazole rings is 1. The number of thioether (sulfide) groups is 1. The number of hydrogen-bond acceptors (Lipinski definition) is 3. The van der Waals surface area contributed by atoms with Crippen molar-refractivity contribution in [2.75, 3.05) is 12.3 Å². The average Bonchev–Trinajstić information content (AvgIpc) is 2.82. The maximum absolute atomic E-state index is 5.51. The van der Waals surface area contributed by atoms with Gasteiger partial charge >= 0.3 is 0 Å². The minimum atomic E-state index is 0.785. The Morgan fingerprint density at radius 1 is 1.16 bits per heavy atom. The summed E-state index contributed by atoms with van der Waals surface area (Å²) in [6.07, 6.45) is 7.35. The van der Waals surface area contributed by atoms with E-state index in [1.54, 1.807) is 11.8 Å². The molecule has 1 aromatic carbocycles. The lowest BCUT2D eigenvalue weighted by Gasteiger charge is -2.14. The van der Waals surface area contributed by atoms with Gasteiger partial charge in [0, 0.05) is 5.75 Å². The monoisotopic (exact) mass is 275 g/mol. The van der Waals surface area contributed by atoms with Crippen LogP contribution in [0.15, 0.2) is 17.3 Å². The van der Waals surface area contributed by atoms with Crippen LogP contribution in [-0.2, 0) is 12.8 Å². The van der Waals surface area contributed by atoms with Gasteiger partial charge in [0.1, 0.15) is 0 Å². The van der Waals surface area contributed by atoms with Crippen molar-refractivity contribution in [3.63, 3.8) is 0 Å². The third-order valence-corrected chi connectivity index (χ3v) is 4.72. The average molecular weight is 275 g/mol. The van der Waals surface area contributed by atoms with E-state index < -0.39 is 0 Å². The molecule has 0 radical (unpaired) electrons. The largest absolute Gasteiger partial charge is 0.333 e. The van der Waals surface area contributed by atoms with Gasteiger partial charge in [0.15, 0.2) is 5.16 Å². The Balaban J connectivity index is 1.76. The van der Waals surface area contributed by atoms with E-state index in [0.717, 1.165) is 35.8 Å². The number of hydrogen-bond donors (Lipinski definition) is 2. The molecular weight excluding hydrogens is 254 g/mol. The number of fused-ring (bicyclic) bond motifs is 2. The Hall–Kier alpha value is -1.00. The fraction of sp³-hybridized carbons (Fsp3) is 0.533. The van der Waals surface area contributed by atoms with Crippen molar-refractivity contribution in [1.82, 2.24) is 9.97 Å². The fourth-order valence-electron chi connectivity index (χ4n) is 2.70. The zero-order chi connectivity index (χ0) is 13.1. The van der Waals surface area contributed by atoms with Gasteiger partial charge in [0.2, 0.25) is 0 Å². The van der Waals surface area contributed by atoms with Crippen LogP contribution in [0, 0.1) is 0 Å². The van der Waals surface area contributed by atoms with E-state index in [4.69, 9.17) is 10.7 Å². The molecule has 1 aromatic heterocycles. The molecule has 0 aliphatic heterocycles. The third kappa shape index (κ3) is 2.95. The van der Waals surface area contributed by atoms with Gasteiger partial charge in [-0.3, -0.25) is 0 Å². The maximum Gasteiger partial charge on any atom is 0.166 e. The molecule has 0 bridgehead atoms. The van der Waals surface area contributed by atoms with Gasteiger partial charge in [-0.2, -0.15) is 0 Å². The van der Waals surface area contributed by atoms with Crippen LogP contribution in [0.5, 0.6) is 0 Å². The predicted octanol–water partition coefficient (Wildman–Crippen LogP) is 3.27. The second kappa shape index (κ2) is 5.97. The number of rotatable bonds is 5. The van der Waals surface area contributed by atoms with E-state index in [0.29, 0.717) is 0 Å². The highest BCUT2D eigenvalue weighted by Gasteiger charge is 2.12. The second-order valence-electron chi connectivity index (χ2n) is 5.23. The highest BCUT2D eigenvalue weighted by atomic mass is 32.2. The van der Waals surface area contributed by atoms with Gasteiger partial charge < -0.3 is 10.7 Å². The summed E-state index contributed by atoms with van der Waals surface area (Å²) in [6, 6.07) is 4.59. The number of aromatic amines is 1. The fourth-order valence-corrected chi connectivity index (χ4v) is 3.59. The first-order chi connectivity index (χ1) is 9.36. The highest BCUT2D eigenvalue weighted by Crippen LogP contribution is 2.27. The lowest BCUT2D eigenvalue weighted by atomic mass is 9.91. The normalized spacial score (nSPS) is 14.8. The maximum atomic E-state index is 5.51. The van der Waals surface area contributed by atoms with Crippen LogP contribution < -0.4 is 5.73 Å². The molecule has 0 fully saturated rings. The smallest absolute Gasteiger partial charge is 0.166 e. The van der Waals surface area contributed by atoms with Crippen LogP contribution in [0.1, 0.15) is 36.8 Å². The molecule has 102 valence electrons. The van der Waals surface area contributed by atoms with E-state index in [2.05, 4.69) is 17.1 Å². The van der Waals surface area contributed by atoms with E-state index in [1.165, 1.54) is 42.3 Å². The minimum Gasteiger partial charge on any atom is -0.333 e. The molecule has 1 aliphatic carbocycles. The molecule has 1 aliphatic rings. The molecule has 2 aromatic rings. The van der Waals surface area contributed by atoms with Gasteiger partial charge in [-0.1, -0.05) is 11.8 Å². The summed E-state index contributed by atoms with van der Waals surface area (Å²) in [5.41, 5.74) is 10.8. The number of aryl methyl sites for hydroxylation is 2. The first kappa shape index (κ1) is 13.0. The number of nitrogens with two attached hydrogens (primary N) is 1. The molecule has 1 heterocycles. The molecule has 0 spiro atoms. The molecule has 3 rings (SSSR count). The van der Waals surface area contributed by atoms with Crippen molar-refractivity contribution in [2.45, 2.75) is 43.7 Å². The van der Waals surface area contributed by atoms with Crippen molar-refractivity contribution in [1.29, 1.82) is 0 Å². The summed E-state index contributed by atoms with van der Waals surface area (Å²) in [5.74, 6) is 1.09. The van der Waals surface area contributed by atoms with Crippen molar-refractivity contribution in [3.8, 4) is 0 Å². The van der Waals surface area contributed by atoms with Crippen molar-refractivity contribution < 1.29 is 0 Å². The number of nitrogens with one attached hydrogen (secondary N) is 1. The molecule has 4 heteroatoms. The molecule has 0 unspecified atom stereocenters. The predicted molar refractivity (Wildman–Crippen MR) is 81.7 cm³/mol. The van der Waals surface area contributed by atoms with Crippen molar-refractivity contribution in [3.05, 3.63) is 23.3 Å².